The molecule has 0 aliphatic heterocycles. The van der Waals surface area contributed by atoms with Crippen molar-refractivity contribution in [3.05, 3.63) is 575 Å². The zero-order valence-corrected chi connectivity index (χ0v) is 80.0. The zero-order chi connectivity index (χ0) is 96.0. The van der Waals surface area contributed by atoms with Crippen LogP contribution >= 0.6 is 0 Å². The van der Waals surface area contributed by atoms with Crippen LogP contribution in [0.1, 0.15) is 91.7 Å². The molecule has 4 heteroatoms. The van der Waals surface area contributed by atoms with Crippen LogP contribution in [0.15, 0.2) is 515 Å². The molecule has 0 N–H and O–H groups in total. The van der Waals surface area contributed by atoms with E-state index in [1.54, 1.807) is 0 Å². The van der Waals surface area contributed by atoms with Gasteiger partial charge in [0.05, 0.1) is 16.2 Å². The summed E-state index contributed by atoms with van der Waals surface area (Å²) in [4.78, 5) is 0. The van der Waals surface area contributed by atoms with E-state index in [2.05, 4.69) is 511 Å². The Bertz CT molecular complexity index is 9860. The number of rotatable bonds is 10. The van der Waals surface area contributed by atoms with Gasteiger partial charge in [-0.15, -0.1) is 0 Å². The van der Waals surface area contributed by atoms with Crippen molar-refractivity contribution in [3.63, 3.8) is 0 Å². The molecule has 4 aliphatic carbocycles. The summed E-state index contributed by atoms with van der Waals surface area (Å²) < 4.78 is 27.2. The molecule has 0 radical (unpaired) electrons. The lowest BCUT2D eigenvalue weighted by Gasteiger charge is -2.33. The minimum Gasteiger partial charge on any atom is -0.456 e. The smallest absolute Gasteiger partial charge is 0.136 e. The summed E-state index contributed by atoms with van der Waals surface area (Å²) in [5, 5.41) is 18.8. The minimum absolute atomic E-state index is 0.102. The molecule has 680 valence electrons. The Morgan fingerprint density at radius 2 is 0.322 bits per heavy atom. The Hall–Kier alpha value is -18.5. The summed E-state index contributed by atoms with van der Waals surface area (Å²) in [6.07, 6.45) is 0. The molecule has 0 saturated heterocycles. The molecule has 0 spiro atoms. The largest absolute Gasteiger partial charge is 0.456 e. The second-order valence-electron chi connectivity index (χ2n) is 40.6. The highest BCUT2D eigenvalue weighted by atomic mass is 16.3. The molecular formula is C142H88O4. The summed E-state index contributed by atoms with van der Waals surface area (Å²) in [5.41, 5.74) is 42.9. The number of hydrogen-bond donors (Lipinski definition) is 0. The second kappa shape index (κ2) is 31.0. The van der Waals surface area contributed by atoms with Crippen molar-refractivity contribution in [3.8, 4) is 89.0 Å². The van der Waals surface area contributed by atoms with E-state index in [1.807, 2.05) is 0 Å². The molecule has 146 heavy (non-hydrogen) atoms. The van der Waals surface area contributed by atoms with E-state index in [1.165, 1.54) is 199 Å². The SMILES string of the molecule is CC1(C)c2ccccc2-c2c1ccc1oc3ccc(-c4c5ccccc5c(-c5ccc6oc7ccc8c(c7c6c5)-c5ccccc5C8(c5ccccc5)c5ccccc5)c5ccccc45)cc3c21.c1ccc(C2(c3ccccc3)c3ccccc3-c3c2ccc2oc4ccc(-c5c6ccccc6c(-c6ccc7oc8ccc9c(c8c7c6)-c6ccccc6C9(c6ccccc6)c6ccccc6)c6ccccc56)cc4c32)cc1. The third-order valence-corrected chi connectivity index (χ3v) is 33.4. The molecule has 4 heterocycles. The first-order valence-electron chi connectivity index (χ1n) is 50.8. The highest BCUT2D eigenvalue weighted by molar-refractivity contribution is 6.28. The Morgan fingerprint density at radius 3 is 0.562 bits per heavy atom. The van der Waals surface area contributed by atoms with Crippen LogP contribution in [0.25, 0.3) is 220 Å². The maximum Gasteiger partial charge on any atom is 0.136 e. The van der Waals surface area contributed by atoms with Gasteiger partial charge in [0.25, 0.3) is 0 Å². The fraction of sp³-hybridized carbons (Fsp3) is 0.0423. The van der Waals surface area contributed by atoms with Crippen LogP contribution in [0, 0.1) is 0 Å². The highest BCUT2D eigenvalue weighted by Crippen LogP contribution is 2.65. The Labute approximate surface area is 842 Å². The van der Waals surface area contributed by atoms with Crippen LogP contribution in [-0.2, 0) is 21.7 Å². The summed E-state index contributed by atoms with van der Waals surface area (Å²) in [5.74, 6) is 0. The molecule has 4 aromatic heterocycles. The predicted octanol–water partition coefficient (Wildman–Crippen LogP) is 37.6. The van der Waals surface area contributed by atoms with Crippen molar-refractivity contribution in [2.24, 2.45) is 0 Å². The summed E-state index contributed by atoms with van der Waals surface area (Å²) >= 11 is 0. The maximum atomic E-state index is 6.87. The third-order valence-electron chi connectivity index (χ3n) is 33.4. The molecule has 0 amide bonds. The standard InChI is InChI=1S/C76H46O2.C66H42O2/c1-5-21-49(22-6-1)75(50-23-7-2-8-24-50)61-35-19-17-33-57(61)71-63(75)39-43-67-73(71)59-45-47(37-41-65(59)77-67)69-53-29-13-15-31-55(53)70(56-32-16-14-30-54(56)69)48-38-42-66-60(46-48)74-68(78-66)44-40-64-72(74)58-34-18-20-36-62(58)76(64,51-25-9-3-10-26-51)52-27-11-4-12-28-52;1-65(2)51-27-15-13-25-47(51)61-53(65)31-35-57-63(61)49-37-39(29-33-55(49)67-57)59-43-21-9-11-23-45(43)60(46-24-12-10-22-44(46)59)40-30-34-56-50(38-40)64-58(68-56)36-32-54-62(64)48-26-14-16-28-52(48)66(54,41-17-5-3-6-18-41)42-19-7-4-8-20-42/h1-46H;3-38H,1-2H3. The van der Waals surface area contributed by atoms with Gasteiger partial charge in [0.15, 0.2) is 0 Å². The van der Waals surface area contributed by atoms with E-state index >= 15 is 0 Å². The van der Waals surface area contributed by atoms with Crippen molar-refractivity contribution < 1.29 is 17.7 Å². The van der Waals surface area contributed by atoms with Gasteiger partial charge in [-0.2, -0.15) is 0 Å². The lowest BCUT2D eigenvalue weighted by atomic mass is 9.67. The maximum absolute atomic E-state index is 6.87. The van der Waals surface area contributed by atoms with Crippen molar-refractivity contribution in [1.29, 1.82) is 0 Å². The summed E-state index contributed by atoms with van der Waals surface area (Å²) in [6, 6.07) is 183. The summed E-state index contributed by atoms with van der Waals surface area (Å²) in [7, 11) is 0. The van der Waals surface area contributed by atoms with E-state index in [-0.39, 0.29) is 5.41 Å². The van der Waals surface area contributed by atoms with Crippen molar-refractivity contribution >= 4 is 131 Å². The van der Waals surface area contributed by atoms with Crippen molar-refractivity contribution in [1.82, 2.24) is 0 Å². The molecule has 4 nitrogen and oxygen atoms in total. The van der Waals surface area contributed by atoms with Crippen LogP contribution in [0.3, 0.4) is 0 Å². The minimum atomic E-state index is -0.517. The zero-order valence-electron chi connectivity index (χ0n) is 80.0. The molecular weight excluding hydrogens is 1770 g/mol. The van der Waals surface area contributed by atoms with Gasteiger partial charge in [0, 0.05) is 48.5 Å². The Morgan fingerprint density at radius 1 is 0.137 bits per heavy atom. The van der Waals surface area contributed by atoms with Gasteiger partial charge in [-0.3, -0.25) is 0 Å². The predicted molar refractivity (Wildman–Crippen MR) is 603 cm³/mol. The quantitative estimate of drug-likeness (QED) is 0.128. The molecule has 4 aliphatic rings. The number of benzene rings is 24. The molecule has 0 saturated carbocycles. The average Bonchev–Trinajstić information content (AvgIpc) is 1.49. The topological polar surface area (TPSA) is 52.6 Å². The number of fused-ring (bicyclic) bond motifs is 32. The Balaban J connectivity index is 0.000000134. The second-order valence-corrected chi connectivity index (χ2v) is 40.6. The van der Waals surface area contributed by atoms with Gasteiger partial charge < -0.3 is 17.7 Å². The molecule has 0 fully saturated rings. The molecule has 32 rings (SSSR count). The van der Waals surface area contributed by atoms with E-state index in [4.69, 9.17) is 17.7 Å². The number of hydrogen-bond acceptors (Lipinski definition) is 4. The van der Waals surface area contributed by atoms with Crippen molar-refractivity contribution in [2.75, 3.05) is 0 Å². The molecule has 0 bridgehead atoms. The van der Waals surface area contributed by atoms with Gasteiger partial charge >= 0.3 is 0 Å². The summed E-state index contributed by atoms with van der Waals surface area (Å²) in [6.45, 7) is 4.69. The van der Waals surface area contributed by atoms with Crippen LogP contribution < -0.4 is 0 Å². The van der Waals surface area contributed by atoms with E-state index in [9.17, 15) is 0 Å². The first kappa shape index (κ1) is 82.3. The van der Waals surface area contributed by atoms with Crippen LogP contribution in [0.2, 0.25) is 0 Å². The fourth-order valence-corrected chi connectivity index (χ4v) is 27.6. The van der Waals surface area contributed by atoms with Crippen LogP contribution in [0.4, 0.5) is 0 Å². The fourth-order valence-electron chi connectivity index (χ4n) is 27.6. The van der Waals surface area contributed by atoms with Crippen LogP contribution in [-0.4, -0.2) is 0 Å². The average molecular weight is 1860 g/mol. The molecule has 24 aromatic carbocycles. The monoisotopic (exact) mass is 1860 g/mol. The Kier molecular flexibility index (Phi) is 17.5. The van der Waals surface area contributed by atoms with E-state index in [0.717, 1.165) is 99.1 Å². The number of furan rings is 4. The van der Waals surface area contributed by atoms with Gasteiger partial charge in [0.1, 0.15) is 44.7 Å². The van der Waals surface area contributed by atoms with Gasteiger partial charge in [-0.1, -0.05) is 438 Å². The van der Waals surface area contributed by atoms with Gasteiger partial charge in [-0.05, 0) is 283 Å². The first-order chi connectivity index (χ1) is 72.2. The first-order valence-corrected chi connectivity index (χ1v) is 50.8. The molecule has 0 unspecified atom stereocenters. The van der Waals surface area contributed by atoms with Gasteiger partial charge in [-0.25, -0.2) is 0 Å². The molecule has 0 atom stereocenters. The highest BCUT2D eigenvalue weighted by Gasteiger charge is 2.51. The van der Waals surface area contributed by atoms with Crippen LogP contribution in [0.5, 0.6) is 0 Å². The van der Waals surface area contributed by atoms with Gasteiger partial charge in [0.2, 0.25) is 0 Å². The third kappa shape index (κ3) is 11.2. The normalized spacial score (nSPS) is 14.0. The lowest BCUT2D eigenvalue weighted by Crippen LogP contribution is -2.28. The van der Waals surface area contributed by atoms with Crippen molar-refractivity contribution in [2.45, 2.75) is 35.5 Å². The van der Waals surface area contributed by atoms with E-state index in [0.29, 0.717) is 0 Å². The lowest BCUT2D eigenvalue weighted by molar-refractivity contribution is 0.656. The molecule has 28 aromatic rings. The van der Waals surface area contributed by atoms with E-state index < -0.39 is 16.2 Å².